The first-order chi connectivity index (χ1) is 9.18. The van der Waals surface area contributed by atoms with Crippen LogP contribution in [0.2, 0.25) is 0 Å². The summed E-state index contributed by atoms with van der Waals surface area (Å²) in [5.41, 5.74) is 2.55. The Labute approximate surface area is 117 Å². The van der Waals surface area contributed by atoms with E-state index in [1.165, 1.54) is 11.1 Å². The van der Waals surface area contributed by atoms with Crippen molar-refractivity contribution in [2.75, 3.05) is 27.9 Å². The molecule has 1 N–H and O–H groups in total. The lowest BCUT2D eigenvalue weighted by Gasteiger charge is -2.28. The molecule has 5 heteroatoms. The van der Waals surface area contributed by atoms with E-state index in [0.29, 0.717) is 0 Å². The second-order valence-electron chi connectivity index (χ2n) is 4.25. The molecule has 1 rings (SSSR count). The number of aryl methyl sites for hydroxylation is 1. The predicted molar refractivity (Wildman–Crippen MR) is 79.6 cm³/mol. The molecule has 0 radical (unpaired) electrons. The molecule has 0 unspecified atom stereocenters. The molecular formula is C14H25NO3Si. The average molecular weight is 283 g/mol. The van der Waals surface area contributed by atoms with Crippen molar-refractivity contribution in [3.8, 4) is 0 Å². The van der Waals surface area contributed by atoms with E-state index in [0.717, 1.165) is 24.7 Å². The van der Waals surface area contributed by atoms with Crippen LogP contribution in [0.3, 0.4) is 0 Å². The van der Waals surface area contributed by atoms with Gasteiger partial charge in [0.05, 0.1) is 0 Å². The van der Waals surface area contributed by atoms with Crippen LogP contribution >= 0.6 is 0 Å². The van der Waals surface area contributed by atoms with Gasteiger partial charge in [-0.25, -0.2) is 0 Å². The van der Waals surface area contributed by atoms with E-state index in [-0.39, 0.29) is 0 Å². The van der Waals surface area contributed by atoms with Crippen molar-refractivity contribution in [1.82, 2.24) is 5.32 Å². The first kappa shape index (κ1) is 16.3. The quantitative estimate of drug-likeness (QED) is 0.733. The Balaban J connectivity index is 3.31. The number of benzene rings is 1. The van der Waals surface area contributed by atoms with Crippen molar-refractivity contribution < 1.29 is 13.3 Å². The van der Waals surface area contributed by atoms with E-state index in [2.05, 4.69) is 31.3 Å². The van der Waals surface area contributed by atoms with Gasteiger partial charge in [-0.2, -0.15) is 0 Å². The highest BCUT2D eigenvalue weighted by Gasteiger charge is 2.42. The molecule has 1 aromatic rings. The van der Waals surface area contributed by atoms with Crippen LogP contribution in [0.4, 0.5) is 0 Å². The van der Waals surface area contributed by atoms with Crippen LogP contribution in [-0.2, 0) is 26.2 Å². The third-order valence-electron chi connectivity index (χ3n) is 3.34. The number of hydrogen-bond acceptors (Lipinski definition) is 4. The third-order valence-corrected chi connectivity index (χ3v) is 6.08. The molecule has 0 saturated carbocycles. The molecule has 0 aliphatic carbocycles. The smallest absolute Gasteiger partial charge is 0.373 e. The van der Waals surface area contributed by atoms with Crippen molar-refractivity contribution >= 4 is 14.0 Å². The van der Waals surface area contributed by atoms with Gasteiger partial charge >= 0.3 is 8.80 Å². The van der Waals surface area contributed by atoms with Crippen molar-refractivity contribution in [3.63, 3.8) is 0 Å². The molecule has 0 fully saturated rings. The summed E-state index contributed by atoms with van der Waals surface area (Å²) in [4.78, 5) is 0. The highest BCUT2D eigenvalue weighted by molar-refractivity contribution is 6.75. The largest absolute Gasteiger partial charge is 0.536 e. The zero-order valence-electron chi connectivity index (χ0n) is 12.6. The summed E-state index contributed by atoms with van der Waals surface area (Å²) < 4.78 is 16.8. The van der Waals surface area contributed by atoms with Gasteiger partial charge in [0.2, 0.25) is 0 Å². The molecule has 4 nitrogen and oxygen atoms in total. The van der Waals surface area contributed by atoms with Gasteiger partial charge in [-0.1, -0.05) is 32.0 Å². The maximum Gasteiger partial charge on any atom is 0.536 e. The van der Waals surface area contributed by atoms with Gasteiger partial charge in [-0.15, -0.1) is 0 Å². The first-order valence-electron chi connectivity index (χ1n) is 6.66. The number of hydrogen-bond donors (Lipinski definition) is 1. The maximum absolute atomic E-state index is 5.61. The Hall–Kier alpha value is -0.723. The molecule has 108 valence electrons. The molecule has 0 aliphatic heterocycles. The summed E-state index contributed by atoms with van der Waals surface area (Å²) in [5.74, 6) is 0. The second kappa shape index (κ2) is 7.77. The van der Waals surface area contributed by atoms with Crippen LogP contribution in [0.1, 0.15) is 25.0 Å². The van der Waals surface area contributed by atoms with Crippen LogP contribution in [0.15, 0.2) is 18.2 Å². The molecule has 0 saturated heterocycles. The van der Waals surface area contributed by atoms with Crippen LogP contribution in [-0.4, -0.2) is 36.7 Å². The molecule has 0 amide bonds. The SMILES string of the molecule is CCNCc1c(CC)cccc1[Si](OC)(OC)OC. The van der Waals surface area contributed by atoms with Gasteiger partial charge in [0, 0.05) is 33.1 Å². The van der Waals surface area contributed by atoms with Gasteiger partial charge < -0.3 is 18.6 Å². The highest BCUT2D eigenvalue weighted by atomic mass is 28.4. The molecule has 19 heavy (non-hydrogen) atoms. The highest BCUT2D eigenvalue weighted by Crippen LogP contribution is 2.15. The second-order valence-corrected chi connectivity index (χ2v) is 7.12. The van der Waals surface area contributed by atoms with E-state index in [9.17, 15) is 0 Å². The van der Waals surface area contributed by atoms with Crippen LogP contribution in [0.5, 0.6) is 0 Å². The number of nitrogens with one attached hydrogen (secondary N) is 1. The van der Waals surface area contributed by atoms with Gasteiger partial charge in [0.25, 0.3) is 0 Å². The zero-order chi connectivity index (χ0) is 14.3. The van der Waals surface area contributed by atoms with Gasteiger partial charge in [-0.3, -0.25) is 0 Å². The molecule has 0 heterocycles. The fourth-order valence-electron chi connectivity index (χ4n) is 2.29. The lowest BCUT2D eigenvalue weighted by atomic mass is 10.1. The Kier molecular flexibility index (Phi) is 6.68. The van der Waals surface area contributed by atoms with E-state index in [4.69, 9.17) is 13.3 Å². The van der Waals surface area contributed by atoms with Gasteiger partial charge in [0.1, 0.15) is 0 Å². The van der Waals surface area contributed by atoms with E-state index < -0.39 is 8.80 Å². The van der Waals surface area contributed by atoms with Crippen molar-refractivity contribution in [2.45, 2.75) is 26.8 Å². The normalized spacial score (nSPS) is 11.8. The number of rotatable bonds is 8. The zero-order valence-corrected chi connectivity index (χ0v) is 13.6. The minimum absolute atomic E-state index is 0.806. The third kappa shape index (κ3) is 3.43. The molecule has 0 aliphatic rings. The summed E-state index contributed by atoms with van der Waals surface area (Å²) in [5, 5.41) is 4.44. The molecular weight excluding hydrogens is 258 g/mol. The lowest BCUT2D eigenvalue weighted by Crippen LogP contribution is -2.56. The average Bonchev–Trinajstić information content (AvgIpc) is 2.47. The van der Waals surface area contributed by atoms with Gasteiger partial charge in [0.15, 0.2) is 0 Å². The summed E-state index contributed by atoms with van der Waals surface area (Å²) in [6, 6.07) is 6.24. The predicted octanol–water partition coefficient (Wildman–Crippen LogP) is 1.44. The summed E-state index contributed by atoms with van der Waals surface area (Å²) in [7, 11) is 2.17. The Bertz CT molecular complexity index is 386. The topological polar surface area (TPSA) is 39.7 Å². The summed E-state index contributed by atoms with van der Waals surface area (Å²) in [6.45, 7) is 5.99. The maximum atomic E-state index is 5.61. The van der Waals surface area contributed by atoms with Crippen LogP contribution in [0, 0.1) is 0 Å². The Morgan fingerprint density at radius 2 is 1.68 bits per heavy atom. The standard InChI is InChI=1S/C14H25NO3Si/c1-6-12-9-8-10-14(13(12)11-15-7-2)19(16-3,17-4)18-5/h8-10,15H,6-7,11H2,1-5H3. The summed E-state index contributed by atoms with van der Waals surface area (Å²) in [6.07, 6.45) is 0.982. The van der Waals surface area contributed by atoms with Crippen molar-refractivity contribution in [3.05, 3.63) is 29.3 Å². The fraction of sp³-hybridized carbons (Fsp3) is 0.571. The van der Waals surface area contributed by atoms with E-state index in [1.807, 2.05) is 6.07 Å². The molecule has 0 spiro atoms. The molecule has 0 aromatic heterocycles. The molecule has 1 aromatic carbocycles. The van der Waals surface area contributed by atoms with Crippen LogP contribution in [0.25, 0.3) is 0 Å². The van der Waals surface area contributed by atoms with Crippen molar-refractivity contribution in [2.24, 2.45) is 0 Å². The van der Waals surface area contributed by atoms with E-state index >= 15 is 0 Å². The van der Waals surface area contributed by atoms with Gasteiger partial charge in [-0.05, 0) is 24.1 Å². The molecule has 0 bridgehead atoms. The minimum atomic E-state index is -2.78. The lowest BCUT2D eigenvalue weighted by molar-refractivity contribution is 0.140. The Morgan fingerprint density at radius 1 is 1.05 bits per heavy atom. The van der Waals surface area contributed by atoms with E-state index in [1.54, 1.807) is 21.3 Å². The molecule has 0 atom stereocenters. The fourth-order valence-corrected chi connectivity index (χ4v) is 4.37. The Morgan fingerprint density at radius 3 is 2.16 bits per heavy atom. The monoisotopic (exact) mass is 283 g/mol. The minimum Gasteiger partial charge on any atom is -0.373 e. The van der Waals surface area contributed by atoms with Crippen LogP contribution < -0.4 is 10.5 Å². The first-order valence-corrected chi connectivity index (χ1v) is 8.38. The van der Waals surface area contributed by atoms with Crippen molar-refractivity contribution in [1.29, 1.82) is 0 Å². The summed E-state index contributed by atoms with van der Waals surface area (Å²) >= 11 is 0.